The van der Waals surface area contributed by atoms with Crippen molar-refractivity contribution in [2.45, 2.75) is 11.4 Å². The molecule has 134 valence electrons. The van der Waals surface area contributed by atoms with Crippen molar-refractivity contribution in [1.29, 1.82) is 0 Å². The van der Waals surface area contributed by atoms with Gasteiger partial charge in [-0.1, -0.05) is 29.5 Å². The number of sulfone groups is 1. The number of nitrogens with zero attached hydrogens (tertiary/aromatic N) is 2. The standard InChI is InChI=1S/C18H15FN2O3S2/c1-3-10-21-14-9-8-12(19)11-15(14)25-18(21)20-17(22)13-6-4-5-7-16(13)26(2,23)24/h3-9,11H,1,10H2,2H3. The predicted molar refractivity (Wildman–Crippen MR) is 99.4 cm³/mol. The summed E-state index contributed by atoms with van der Waals surface area (Å²) in [7, 11) is -3.57. The van der Waals surface area contributed by atoms with Crippen molar-refractivity contribution in [1.82, 2.24) is 4.57 Å². The van der Waals surface area contributed by atoms with Crippen LogP contribution in [-0.2, 0) is 16.4 Å². The van der Waals surface area contributed by atoms with Gasteiger partial charge in [-0.3, -0.25) is 4.79 Å². The number of fused-ring (bicyclic) bond motifs is 1. The third-order valence-corrected chi connectivity index (χ3v) is 5.87. The second kappa shape index (κ2) is 6.97. The van der Waals surface area contributed by atoms with Crippen molar-refractivity contribution in [3.63, 3.8) is 0 Å². The lowest BCUT2D eigenvalue weighted by atomic mass is 10.2. The zero-order valence-corrected chi connectivity index (χ0v) is 15.5. The van der Waals surface area contributed by atoms with E-state index in [-0.39, 0.29) is 16.3 Å². The van der Waals surface area contributed by atoms with Gasteiger partial charge in [0.1, 0.15) is 5.82 Å². The fraction of sp³-hybridized carbons (Fsp3) is 0.111. The van der Waals surface area contributed by atoms with E-state index in [0.717, 1.165) is 23.1 Å². The molecule has 0 atom stereocenters. The Kier molecular flexibility index (Phi) is 4.88. The molecule has 26 heavy (non-hydrogen) atoms. The summed E-state index contributed by atoms with van der Waals surface area (Å²) >= 11 is 1.15. The van der Waals surface area contributed by atoms with Crippen LogP contribution in [0.1, 0.15) is 10.4 Å². The van der Waals surface area contributed by atoms with Crippen LogP contribution in [-0.4, -0.2) is 25.1 Å². The normalized spacial score (nSPS) is 12.5. The molecule has 3 aromatic rings. The Morgan fingerprint density at radius 1 is 1.31 bits per heavy atom. The van der Waals surface area contributed by atoms with Crippen LogP contribution >= 0.6 is 11.3 Å². The molecule has 8 heteroatoms. The second-order valence-corrected chi connectivity index (χ2v) is 8.57. The van der Waals surface area contributed by atoms with Gasteiger partial charge in [-0.25, -0.2) is 12.8 Å². The lowest BCUT2D eigenvalue weighted by Crippen LogP contribution is -2.17. The first-order valence-corrected chi connectivity index (χ1v) is 10.3. The van der Waals surface area contributed by atoms with Crippen LogP contribution < -0.4 is 4.80 Å². The van der Waals surface area contributed by atoms with Gasteiger partial charge in [-0.05, 0) is 30.3 Å². The number of thiazole rings is 1. The van der Waals surface area contributed by atoms with Crippen molar-refractivity contribution in [3.8, 4) is 0 Å². The molecule has 1 aromatic heterocycles. The number of hydrogen-bond donors (Lipinski definition) is 0. The molecule has 5 nitrogen and oxygen atoms in total. The minimum Gasteiger partial charge on any atom is -0.312 e. The zero-order chi connectivity index (χ0) is 18.9. The number of halogens is 1. The van der Waals surface area contributed by atoms with Crippen molar-refractivity contribution in [2.24, 2.45) is 4.99 Å². The molecule has 2 aromatic carbocycles. The third-order valence-electron chi connectivity index (χ3n) is 3.67. The highest BCUT2D eigenvalue weighted by Crippen LogP contribution is 2.20. The van der Waals surface area contributed by atoms with E-state index in [2.05, 4.69) is 11.6 Å². The van der Waals surface area contributed by atoms with Crippen LogP contribution in [0, 0.1) is 5.82 Å². The highest BCUT2D eigenvalue weighted by molar-refractivity contribution is 7.90. The summed E-state index contributed by atoms with van der Waals surface area (Å²) in [6.07, 6.45) is 2.68. The van der Waals surface area contributed by atoms with E-state index in [9.17, 15) is 17.6 Å². The van der Waals surface area contributed by atoms with Gasteiger partial charge >= 0.3 is 0 Å². The summed E-state index contributed by atoms with van der Waals surface area (Å²) in [5.74, 6) is -1.05. The van der Waals surface area contributed by atoms with E-state index in [4.69, 9.17) is 0 Å². The molecule has 0 unspecified atom stereocenters. The van der Waals surface area contributed by atoms with Gasteiger partial charge in [0.05, 0.1) is 20.7 Å². The average Bonchev–Trinajstić information content (AvgIpc) is 2.91. The first kappa shape index (κ1) is 18.2. The molecule has 0 radical (unpaired) electrons. The predicted octanol–water partition coefficient (Wildman–Crippen LogP) is 3.17. The molecular weight excluding hydrogens is 375 g/mol. The number of amides is 1. The Morgan fingerprint density at radius 3 is 2.73 bits per heavy atom. The van der Waals surface area contributed by atoms with Crippen LogP contribution in [0.2, 0.25) is 0 Å². The molecule has 3 rings (SSSR count). The molecule has 1 heterocycles. The van der Waals surface area contributed by atoms with Gasteiger partial charge < -0.3 is 4.57 Å². The number of aromatic nitrogens is 1. The molecule has 0 aliphatic heterocycles. The number of rotatable bonds is 4. The first-order chi connectivity index (χ1) is 12.3. The first-order valence-electron chi connectivity index (χ1n) is 7.59. The van der Waals surface area contributed by atoms with E-state index in [1.165, 1.54) is 24.3 Å². The van der Waals surface area contributed by atoms with Gasteiger partial charge in [0, 0.05) is 12.8 Å². The van der Waals surface area contributed by atoms with Gasteiger partial charge in [0.2, 0.25) is 0 Å². The van der Waals surface area contributed by atoms with Crippen molar-refractivity contribution in [3.05, 3.63) is 71.3 Å². The number of carbonyl (C=O) groups excluding carboxylic acids is 1. The topological polar surface area (TPSA) is 68.5 Å². The molecule has 0 N–H and O–H groups in total. The Bertz CT molecular complexity index is 1190. The number of hydrogen-bond acceptors (Lipinski definition) is 4. The molecule has 1 amide bonds. The average molecular weight is 390 g/mol. The summed E-state index contributed by atoms with van der Waals surface area (Å²) < 4.78 is 39.7. The van der Waals surface area contributed by atoms with Gasteiger partial charge in [-0.2, -0.15) is 4.99 Å². The smallest absolute Gasteiger partial charge is 0.280 e. The molecule has 0 bridgehead atoms. The minimum absolute atomic E-state index is 0.00351. The van der Waals surface area contributed by atoms with Crippen LogP contribution in [0.4, 0.5) is 4.39 Å². The molecule has 0 aliphatic rings. The summed E-state index contributed by atoms with van der Waals surface area (Å²) in [5.41, 5.74) is 0.725. The Balaban J connectivity index is 2.21. The largest absolute Gasteiger partial charge is 0.312 e. The lowest BCUT2D eigenvalue weighted by Gasteiger charge is -2.04. The fourth-order valence-electron chi connectivity index (χ4n) is 2.55. The summed E-state index contributed by atoms with van der Waals surface area (Å²) in [6.45, 7) is 4.07. The summed E-state index contributed by atoms with van der Waals surface area (Å²) in [4.78, 5) is 17.0. The van der Waals surface area contributed by atoms with Crippen LogP contribution in [0.15, 0.2) is 65.0 Å². The van der Waals surface area contributed by atoms with E-state index in [1.807, 2.05) is 0 Å². The van der Waals surface area contributed by atoms with Crippen LogP contribution in [0.5, 0.6) is 0 Å². The van der Waals surface area contributed by atoms with Crippen LogP contribution in [0.3, 0.4) is 0 Å². The molecule has 0 spiro atoms. The zero-order valence-electron chi connectivity index (χ0n) is 13.8. The highest BCUT2D eigenvalue weighted by atomic mass is 32.2. The fourth-order valence-corrected chi connectivity index (χ4v) is 4.49. The minimum atomic E-state index is -3.57. The maximum atomic E-state index is 13.5. The third kappa shape index (κ3) is 3.51. The molecule has 0 saturated heterocycles. The van der Waals surface area contributed by atoms with E-state index >= 15 is 0 Å². The van der Waals surface area contributed by atoms with E-state index in [1.54, 1.807) is 28.8 Å². The number of allylic oxidation sites excluding steroid dienone is 1. The van der Waals surface area contributed by atoms with Gasteiger partial charge in [0.25, 0.3) is 5.91 Å². The monoisotopic (exact) mass is 390 g/mol. The van der Waals surface area contributed by atoms with Crippen molar-refractivity contribution >= 4 is 37.3 Å². The molecular formula is C18H15FN2O3S2. The van der Waals surface area contributed by atoms with Gasteiger partial charge in [-0.15, -0.1) is 6.58 Å². The molecule has 0 aliphatic carbocycles. The quantitative estimate of drug-likeness (QED) is 0.643. The maximum absolute atomic E-state index is 13.5. The Morgan fingerprint density at radius 2 is 2.04 bits per heavy atom. The summed E-state index contributed by atoms with van der Waals surface area (Å²) in [6, 6.07) is 10.2. The molecule has 0 saturated carbocycles. The lowest BCUT2D eigenvalue weighted by molar-refractivity contribution is 0.0994. The summed E-state index contributed by atoms with van der Waals surface area (Å²) in [5, 5.41) is 0. The van der Waals surface area contributed by atoms with Crippen LogP contribution in [0.25, 0.3) is 10.2 Å². The Labute approximate surface area is 153 Å². The number of benzene rings is 2. The van der Waals surface area contributed by atoms with Gasteiger partial charge in [0.15, 0.2) is 14.6 Å². The van der Waals surface area contributed by atoms with E-state index in [0.29, 0.717) is 16.0 Å². The highest BCUT2D eigenvalue weighted by Gasteiger charge is 2.18. The van der Waals surface area contributed by atoms with E-state index < -0.39 is 15.7 Å². The second-order valence-electron chi connectivity index (χ2n) is 5.58. The maximum Gasteiger partial charge on any atom is 0.280 e. The number of carbonyl (C=O) groups is 1. The SMILES string of the molecule is C=CCn1c(=NC(=O)c2ccccc2S(C)(=O)=O)sc2cc(F)ccc21. The van der Waals surface area contributed by atoms with Crippen molar-refractivity contribution < 1.29 is 17.6 Å². The van der Waals surface area contributed by atoms with Crippen molar-refractivity contribution in [2.75, 3.05) is 6.26 Å². The Hall–Kier alpha value is -2.58. The molecule has 0 fully saturated rings.